The summed E-state index contributed by atoms with van der Waals surface area (Å²) in [6.07, 6.45) is 12.9. The minimum Gasteiger partial charge on any atom is -0.0654 e. The van der Waals surface area contributed by atoms with Gasteiger partial charge in [-0.25, -0.2) is 0 Å². The van der Waals surface area contributed by atoms with E-state index in [2.05, 4.69) is 78.8 Å². The van der Waals surface area contributed by atoms with Crippen molar-refractivity contribution in [1.82, 2.24) is 0 Å². The second-order valence-corrected chi connectivity index (χ2v) is 12.0. The predicted octanol–water partition coefficient (Wildman–Crippen LogP) is 9.93. The summed E-state index contributed by atoms with van der Waals surface area (Å²) >= 11 is 0. The second kappa shape index (κ2) is 10.6. The molecular formula is C34H50. The Hall–Kier alpha value is -1.56. The quantitative estimate of drug-likeness (QED) is 0.328. The average Bonchev–Trinajstić information content (AvgIpc) is 3.13. The van der Waals surface area contributed by atoms with E-state index in [1.807, 2.05) is 0 Å². The highest BCUT2D eigenvalue weighted by Gasteiger charge is 2.52. The first-order valence-electron chi connectivity index (χ1n) is 14.7. The fourth-order valence-electron chi connectivity index (χ4n) is 7.74. The number of hydrogen-bond acceptors (Lipinski definition) is 0. The Morgan fingerprint density at radius 2 is 1.59 bits per heavy atom. The predicted molar refractivity (Wildman–Crippen MR) is 150 cm³/mol. The number of fused-ring (bicyclic) bond motifs is 3. The van der Waals surface area contributed by atoms with Crippen LogP contribution in [0.5, 0.6) is 0 Å². The molecule has 4 rings (SSSR count). The summed E-state index contributed by atoms with van der Waals surface area (Å²) in [7, 11) is 0. The topological polar surface area (TPSA) is 0 Å². The molecule has 1 fully saturated rings. The molecule has 1 saturated carbocycles. The number of rotatable bonds is 9. The van der Waals surface area contributed by atoms with E-state index in [0.29, 0.717) is 0 Å². The van der Waals surface area contributed by atoms with Crippen molar-refractivity contribution in [3.05, 3.63) is 58.1 Å². The van der Waals surface area contributed by atoms with Gasteiger partial charge in [0.15, 0.2) is 0 Å². The highest BCUT2D eigenvalue weighted by atomic mass is 14.6. The first-order valence-corrected chi connectivity index (χ1v) is 14.7. The molecule has 1 unspecified atom stereocenters. The van der Waals surface area contributed by atoms with Crippen LogP contribution in [0, 0.1) is 23.7 Å². The summed E-state index contributed by atoms with van der Waals surface area (Å²) < 4.78 is 0. The van der Waals surface area contributed by atoms with Crippen molar-refractivity contribution in [3.8, 4) is 11.1 Å². The molecule has 2 aliphatic rings. The van der Waals surface area contributed by atoms with Gasteiger partial charge in [0.05, 0.1) is 0 Å². The maximum absolute atomic E-state index is 2.67. The Morgan fingerprint density at radius 3 is 2.24 bits per heavy atom. The normalized spacial score (nSPS) is 26.1. The molecule has 0 heterocycles. The van der Waals surface area contributed by atoms with Crippen molar-refractivity contribution >= 4 is 0 Å². The molecule has 2 aromatic rings. The van der Waals surface area contributed by atoms with Crippen LogP contribution < -0.4 is 0 Å². The highest BCUT2D eigenvalue weighted by Crippen LogP contribution is 2.61. The van der Waals surface area contributed by atoms with Crippen LogP contribution >= 0.6 is 0 Å². The third-order valence-electron chi connectivity index (χ3n) is 9.62. The first-order chi connectivity index (χ1) is 16.4. The van der Waals surface area contributed by atoms with Gasteiger partial charge in [-0.3, -0.25) is 0 Å². The molecule has 4 atom stereocenters. The molecule has 0 spiro atoms. The summed E-state index contributed by atoms with van der Waals surface area (Å²) in [5.41, 5.74) is 11.4. The lowest BCUT2D eigenvalue weighted by molar-refractivity contribution is 0.0825. The number of unbranched alkanes of at least 4 members (excludes halogenated alkanes) is 2. The standard InChI is InChI=1S/C34H50/c1-8-12-13-18-34(30-19-24(7)14-16-28(30)23(5)6)31-21-25(9-2)15-17-29(31)33-27(11-4)20-26(10-3)22-32(33)34/h15,17,20-24,28,30H,8-14,16,18-19H2,1-7H3/t24-,28+,30+,34?/m1/s1. The lowest BCUT2D eigenvalue weighted by Gasteiger charge is -2.49. The monoisotopic (exact) mass is 458 g/mol. The zero-order valence-corrected chi connectivity index (χ0v) is 23.3. The molecule has 0 nitrogen and oxygen atoms in total. The van der Waals surface area contributed by atoms with Crippen molar-refractivity contribution in [2.24, 2.45) is 23.7 Å². The van der Waals surface area contributed by atoms with Crippen molar-refractivity contribution in [2.45, 2.75) is 118 Å². The maximum atomic E-state index is 2.67. The number of benzene rings is 2. The number of aryl methyl sites for hydroxylation is 3. The lowest BCUT2D eigenvalue weighted by Crippen LogP contribution is -2.44. The van der Waals surface area contributed by atoms with Crippen LogP contribution in [-0.2, 0) is 24.7 Å². The molecule has 0 aliphatic heterocycles. The molecule has 0 amide bonds. The molecule has 186 valence electrons. The summed E-state index contributed by atoms with van der Waals surface area (Å²) in [6, 6.07) is 12.8. The SMILES string of the molecule is CCCCCC1([C@H]2C[C@H](C)CC[C@H]2C(C)C)c2cc(CC)ccc2-c2c(CC)cc(CC)cc21. The van der Waals surface area contributed by atoms with E-state index in [9.17, 15) is 0 Å². The molecule has 2 aliphatic carbocycles. The molecule has 0 heteroatoms. The molecule has 0 aromatic heterocycles. The molecule has 0 bridgehead atoms. The average molecular weight is 459 g/mol. The van der Waals surface area contributed by atoms with Gasteiger partial charge < -0.3 is 0 Å². The Labute approximate surface area is 211 Å². The van der Waals surface area contributed by atoms with Gasteiger partial charge in [-0.05, 0) is 101 Å². The fourth-order valence-corrected chi connectivity index (χ4v) is 7.74. The van der Waals surface area contributed by atoms with Crippen LogP contribution in [0.25, 0.3) is 11.1 Å². The van der Waals surface area contributed by atoms with Crippen molar-refractivity contribution in [2.75, 3.05) is 0 Å². The molecule has 0 N–H and O–H groups in total. The third kappa shape index (κ3) is 4.29. The maximum Gasteiger partial charge on any atom is 0.0246 e. The molecule has 0 radical (unpaired) electrons. The van der Waals surface area contributed by atoms with Gasteiger partial charge in [-0.15, -0.1) is 0 Å². The van der Waals surface area contributed by atoms with E-state index in [0.717, 1.165) is 42.9 Å². The van der Waals surface area contributed by atoms with Gasteiger partial charge in [-0.1, -0.05) is 104 Å². The third-order valence-corrected chi connectivity index (χ3v) is 9.62. The van der Waals surface area contributed by atoms with E-state index in [-0.39, 0.29) is 5.41 Å². The second-order valence-electron chi connectivity index (χ2n) is 12.0. The first kappa shape index (κ1) is 25.5. The van der Waals surface area contributed by atoms with Gasteiger partial charge in [0.1, 0.15) is 0 Å². The van der Waals surface area contributed by atoms with Crippen molar-refractivity contribution < 1.29 is 0 Å². The Bertz CT molecular complexity index is 980. The Kier molecular flexibility index (Phi) is 7.95. The molecule has 2 aromatic carbocycles. The van der Waals surface area contributed by atoms with Crippen molar-refractivity contribution in [1.29, 1.82) is 0 Å². The molecule has 34 heavy (non-hydrogen) atoms. The van der Waals surface area contributed by atoms with Crippen molar-refractivity contribution in [3.63, 3.8) is 0 Å². The van der Waals surface area contributed by atoms with Gasteiger partial charge in [0.25, 0.3) is 0 Å². The molecule has 0 saturated heterocycles. The van der Waals surface area contributed by atoms with Gasteiger partial charge in [0, 0.05) is 5.41 Å². The van der Waals surface area contributed by atoms with Gasteiger partial charge in [-0.2, -0.15) is 0 Å². The zero-order valence-electron chi connectivity index (χ0n) is 23.3. The molecular weight excluding hydrogens is 408 g/mol. The summed E-state index contributed by atoms with van der Waals surface area (Å²) in [5.74, 6) is 3.15. The van der Waals surface area contributed by atoms with Crippen LogP contribution in [-0.4, -0.2) is 0 Å². The van der Waals surface area contributed by atoms with Crippen LogP contribution in [0.3, 0.4) is 0 Å². The lowest BCUT2D eigenvalue weighted by atomic mass is 9.54. The fraction of sp³-hybridized carbons (Fsp3) is 0.647. The van der Waals surface area contributed by atoms with Gasteiger partial charge in [0.2, 0.25) is 0 Å². The van der Waals surface area contributed by atoms with E-state index in [1.165, 1.54) is 50.5 Å². The minimum atomic E-state index is 0.184. The Balaban J connectivity index is 2.05. The van der Waals surface area contributed by atoms with E-state index < -0.39 is 0 Å². The zero-order chi connectivity index (χ0) is 24.5. The minimum absolute atomic E-state index is 0.184. The van der Waals surface area contributed by atoms with Crippen LogP contribution in [0.2, 0.25) is 0 Å². The number of hydrogen-bond donors (Lipinski definition) is 0. The largest absolute Gasteiger partial charge is 0.0654 e. The Morgan fingerprint density at radius 1 is 0.853 bits per heavy atom. The van der Waals surface area contributed by atoms with E-state index >= 15 is 0 Å². The van der Waals surface area contributed by atoms with Crippen LogP contribution in [0.4, 0.5) is 0 Å². The van der Waals surface area contributed by atoms with E-state index in [4.69, 9.17) is 0 Å². The summed E-state index contributed by atoms with van der Waals surface area (Å²) in [5, 5.41) is 0. The van der Waals surface area contributed by atoms with Crippen LogP contribution in [0.15, 0.2) is 30.3 Å². The highest BCUT2D eigenvalue weighted by molar-refractivity contribution is 5.84. The van der Waals surface area contributed by atoms with Crippen LogP contribution in [0.1, 0.15) is 121 Å². The smallest absolute Gasteiger partial charge is 0.0246 e. The summed E-state index contributed by atoms with van der Waals surface area (Å²) in [6.45, 7) is 16.9. The van der Waals surface area contributed by atoms with Gasteiger partial charge >= 0.3 is 0 Å². The van der Waals surface area contributed by atoms with E-state index in [1.54, 1.807) is 33.4 Å². The summed E-state index contributed by atoms with van der Waals surface area (Å²) in [4.78, 5) is 0.